The monoisotopic (exact) mass is 287 g/mol. The summed E-state index contributed by atoms with van der Waals surface area (Å²) in [5, 5.41) is 3.62. The first-order chi connectivity index (χ1) is 8.59. The van der Waals surface area contributed by atoms with Crippen molar-refractivity contribution >= 4 is 21.4 Å². The van der Waals surface area contributed by atoms with Crippen LogP contribution in [0.5, 0.6) is 0 Å². The second-order valence-electron chi connectivity index (χ2n) is 4.75. The van der Waals surface area contributed by atoms with Gasteiger partial charge in [0.1, 0.15) is 0 Å². The van der Waals surface area contributed by atoms with Gasteiger partial charge in [-0.05, 0) is 50.4 Å². The van der Waals surface area contributed by atoms with E-state index in [1.54, 1.807) is 24.3 Å². The summed E-state index contributed by atoms with van der Waals surface area (Å²) in [5.74, 6) is 0.652. The van der Waals surface area contributed by atoms with Crippen molar-refractivity contribution in [2.24, 2.45) is 5.92 Å². The Labute approximate surface area is 113 Å². The number of nitrogens with one attached hydrogen (secondary N) is 1. The van der Waals surface area contributed by atoms with Crippen LogP contribution in [0.15, 0.2) is 29.2 Å². The summed E-state index contributed by atoms with van der Waals surface area (Å²) in [4.78, 5) is 0.260. The molecule has 1 aliphatic heterocycles. The van der Waals surface area contributed by atoms with Crippen molar-refractivity contribution in [2.75, 3.05) is 18.8 Å². The Hall–Kier alpha value is -0.580. The van der Waals surface area contributed by atoms with E-state index in [4.69, 9.17) is 11.6 Å². The maximum Gasteiger partial charge on any atom is 0.179 e. The third kappa shape index (κ3) is 3.46. The predicted molar refractivity (Wildman–Crippen MR) is 73.7 cm³/mol. The van der Waals surface area contributed by atoms with Crippen LogP contribution in [0.3, 0.4) is 0 Å². The van der Waals surface area contributed by atoms with Gasteiger partial charge in [0, 0.05) is 0 Å². The summed E-state index contributed by atoms with van der Waals surface area (Å²) in [5.41, 5.74) is 0. The van der Waals surface area contributed by atoms with Crippen LogP contribution in [0.4, 0.5) is 0 Å². The minimum Gasteiger partial charge on any atom is -0.316 e. The van der Waals surface area contributed by atoms with E-state index in [9.17, 15) is 8.42 Å². The Balaban J connectivity index is 2.01. The first-order valence-electron chi connectivity index (χ1n) is 6.27. The van der Waals surface area contributed by atoms with Gasteiger partial charge in [0.25, 0.3) is 0 Å². The lowest BCUT2D eigenvalue weighted by atomic mass is 9.97. The molecule has 1 aliphatic rings. The van der Waals surface area contributed by atoms with Crippen molar-refractivity contribution in [2.45, 2.75) is 24.2 Å². The van der Waals surface area contributed by atoms with Crippen LogP contribution in [-0.2, 0) is 9.84 Å². The summed E-state index contributed by atoms with van der Waals surface area (Å²) < 4.78 is 24.4. The highest BCUT2D eigenvalue weighted by molar-refractivity contribution is 7.91. The smallest absolute Gasteiger partial charge is 0.179 e. The number of hydrogen-bond acceptors (Lipinski definition) is 3. The van der Waals surface area contributed by atoms with Gasteiger partial charge >= 0.3 is 0 Å². The molecule has 1 unspecified atom stereocenters. The van der Waals surface area contributed by atoms with Gasteiger partial charge in [-0.1, -0.05) is 23.7 Å². The van der Waals surface area contributed by atoms with Gasteiger partial charge in [0.2, 0.25) is 0 Å². The summed E-state index contributed by atoms with van der Waals surface area (Å²) in [6.07, 6.45) is 2.96. The first-order valence-corrected chi connectivity index (χ1v) is 8.30. The molecule has 0 saturated carbocycles. The molecule has 0 aliphatic carbocycles. The van der Waals surface area contributed by atoms with Gasteiger partial charge in [-0.2, -0.15) is 0 Å². The van der Waals surface area contributed by atoms with E-state index < -0.39 is 9.84 Å². The average Bonchev–Trinajstić information content (AvgIpc) is 2.38. The summed E-state index contributed by atoms with van der Waals surface area (Å²) in [7, 11) is -3.25. The van der Waals surface area contributed by atoms with Crippen molar-refractivity contribution in [1.82, 2.24) is 5.32 Å². The maximum absolute atomic E-state index is 12.2. The van der Waals surface area contributed by atoms with E-state index in [-0.39, 0.29) is 10.6 Å². The molecule has 0 radical (unpaired) electrons. The molecule has 1 atom stereocenters. The molecule has 2 rings (SSSR count). The number of benzene rings is 1. The largest absolute Gasteiger partial charge is 0.316 e. The molecule has 1 fully saturated rings. The van der Waals surface area contributed by atoms with Gasteiger partial charge in [0.05, 0.1) is 15.7 Å². The van der Waals surface area contributed by atoms with Crippen LogP contribution >= 0.6 is 11.6 Å². The molecular formula is C13H18ClNO2S. The fourth-order valence-corrected chi connectivity index (χ4v) is 4.30. The second-order valence-corrected chi connectivity index (χ2v) is 7.24. The van der Waals surface area contributed by atoms with Crippen molar-refractivity contribution in [3.63, 3.8) is 0 Å². The molecule has 0 bridgehead atoms. The summed E-state index contributed by atoms with van der Waals surface area (Å²) in [6, 6.07) is 6.65. The first kappa shape index (κ1) is 13.8. The normalized spacial score (nSPS) is 20.8. The number of hydrogen-bond donors (Lipinski definition) is 1. The molecule has 0 spiro atoms. The molecule has 1 heterocycles. The lowest BCUT2D eigenvalue weighted by Crippen LogP contribution is -2.30. The Morgan fingerprint density at radius 2 is 2.11 bits per heavy atom. The molecule has 0 aromatic heterocycles. The maximum atomic E-state index is 12.2. The SMILES string of the molecule is O=S(=O)(CCC1CCCNC1)c1ccccc1Cl. The zero-order valence-electron chi connectivity index (χ0n) is 10.2. The molecule has 1 aromatic carbocycles. The molecule has 1 saturated heterocycles. The Morgan fingerprint density at radius 3 is 2.78 bits per heavy atom. The van der Waals surface area contributed by atoms with Crippen molar-refractivity contribution in [3.05, 3.63) is 29.3 Å². The van der Waals surface area contributed by atoms with Crippen LogP contribution < -0.4 is 5.32 Å². The zero-order chi connectivity index (χ0) is 13.0. The fraction of sp³-hybridized carbons (Fsp3) is 0.538. The van der Waals surface area contributed by atoms with E-state index in [1.165, 1.54) is 0 Å². The lowest BCUT2D eigenvalue weighted by Gasteiger charge is -2.22. The predicted octanol–water partition coefficient (Wildman–Crippen LogP) is 2.50. The molecule has 1 aromatic rings. The van der Waals surface area contributed by atoms with Crippen LogP contribution in [0.1, 0.15) is 19.3 Å². The highest BCUT2D eigenvalue weighted by Crippen LogP contribution is 2.24. The third-order valence-corrected chi connectivity index (χ3v) is 5.61. The highest BCUT2D eigenvalue weighted by Gasteiger charge is 2.21. The van der Waals surface area contributed by atoms with Gasteiger partial charge in [-0.25, -0.2) is 8.42 Å². The zero-order valence-corrected chi connectivity index (χ0v) is 11.8. The van der Waals surface area contributed by atoms with Crippen molar-refractivity contribution in [1.29, 1.82) is 0 Å². The molecule has 1 N–H and O–H groups in total. The van der Waals surface area contributed by atoms with Crippen LogP contribution in [0.2, 0.25) is 5.02 Å². The standard InChI is InChI=1S/C13H18ClNO2S/c14-12-5-1-2-6-13(12)18(16,17)9-7-11-4-3-8-15-10-11/h1-2,5-6,11,15H,3-4,7-10H2. The van der Waals surface area contributed by atoms with Gasteiger partial charge < -0.3 is 5.32 Å². The molecule has 5 heteroatoms. The number of rotatable bonds is 4. The summed E-state index contributed by atoms with van der Waals surface area (Å²) in [6.45, 7) is 1.98. The van der Waals surface area contributed by atoms with E-state index >= 15 is 0 Å². The molecule has 18 heavy (non-hydrogen) atoms. The fourth-order valence-electron chi connectivity index (χ4n) is 2.30. The van der Waals surface area contributed by atoms with Gasteiger partial charge in [-0.3, -0.25) is 0 Å². The third-order valence-electron chi connectivity index (χ3n) is 3.37. The molecule has 0 amide bonds. The quantitative estimate of drug-likeness (QED) is 0.925. The van der Waals surface area contributed by atoms with Gasteiger partial charge in [0.15, 0.2) is 9.84 Å². The number of piperidine rings is 1. The second kappa shape index (κ2) is 6.04. The van der Waals surface area contributed by atoms with E-state index in [1.807, 2.05) is 0 Å². The van der Waals surface area contributed by atoms with E-state index in [0.29, 0.717) is 17.4 Å². The van der Waals surface area contributed by atoms with Crippen molar-refractivity contribution in [3.8, 4) is 0 Å². The molecule has 100 valence electrons. The van der Waals surface area contributed by atoms with Crippen LogP contribution in [0.25, 0.3) is 0 Å². The Morgan fingerprint density at radius 1 is 1.33 bits per heavy atom. The lowest BCUT2D eigenvalue weighted by molar-refractivity contribution is 0.369. The van der Waals surface area contributed by atoms with Crippen LogP contribution in [0, 0.1) is 5.92 Å². The van der Waals surface area contributed by atoms with Gasteiger partial charge in [-0.15, -0.1) is 0 Å². The van der Waals surface area contributed by atoms with E-state index in [0.717, 1.165) is 25.9 Å². The average molecular weight is 288 g/mol. The Kier molecular flexibility index (Phi) is 4.65. The molecular weight excluding hydrogens is 270 g/mol. The molecule has 3 nitrogen and oxygen atoms in total. The minimum atomic E-state index is -3.25. The highest BCUT2D eigenvalue weighted by atomic mass is 35.5. The Bertz CT molecular complexity index is 495. The van der Waals surface area contributed by atoms with Crippen molar-refractivity contribution < 1.29 is 8.42 Å². The summed E-state index contributed by atoms with van der Waals surface area (Å²) >= 11 is 5.94. The van der Waals surface area contributed by atoms with E-state index in [2.05, 4.69) is 5.32 Å². The minimum absolute atomic E-state index is 0.184. The van der Waals surface area contributed by atoms with Crippen LogP contribution in [-0.4, -0.2) is 27.3 Å². The topological polar surface area (TPSA) is 46.2 Å². The number of sulfone groups is 1. The number of halogens is 1.